The first-order valence-electron chi connectivity index (χ1n) is 5.77. The van der Waals surface area contributed by atoms with Crippen LogP contribution in [0.3, 0.4) is 0 Å². The summed E-state index contributed by atoms with van der Waals surface area (Å²) in [6.45, 7) is 4.49. The maximum absolute atomic E-state index is 11.6. The van der Waals surface area contributed by atoms with E-state index in [0.29, 0.717) is 13.0 Å². The summed E-state index contributed by atoms with van der Waals surface area (Å²) in [7, 11) is 1.68. The molecule has 2 N–H and O–H groups in total. The lowest BCUT2D eigenvalue weighted by molar-refractivity contribution is -0.139. The monoisotopic (exact) mass is 230 g/mol. The topological polar surface area (TPSA) is 69.6 Å². The Hall–Kier alpha value is -1.26. The molecule has 1 atom stereocenters. The molecule has 0 saturated heterocycles. The van der Waals surface area contributed by atoms with Gasteiger partial charge in [-0.25, -0.2) is 9.59 Å². The van der Waals surface area contributed by atoms with Crippen LogP contribution < -0.4 is 5.32 Å². The van der Waals surface area contributed by atoms with Gasteiger partial charge in [0.15, 0.2) is 0 Å². The largest absolute Gasteiger partial charge is 0.480 e. The van der Waals surface area contributed by atoms with Gasteiger partial charge in [0.2, 0.25) is 0 Å². The van der Waals surface area contributed by atoms with Crippen LogP contribution in [0.2, 0.25) is 0 Å². The van der Waals surface area contributed by atoms with Gasteiger partial charge in [-0.15, -0.1) is 0 Å². The number of carboxylic acid groups (broad SMARTS) is 1. The molecule has 0 heterocycles. The van der Waals surface area contributed by atoms with Crippen LogP contribution in [0.25, 0.3) is 0 Å². The third-order valence-electron chi connectivity index (χ3n) is 2.45. The van der Waals surface area contributed by atoms with Gasteiger partial charge >= 0.3 is 12.0 Å². The predicted molar refractivity (Wildman–Crippen MR) is 62.4 cm³/mol. The lowest BCUT2D eigenvalue weighted by Crippen LogP contribution is -2.46. The number of nitrogens with zero attached hydrogens (tertiary/aromatic N) is 1. The molecule has 0 aromatic heterocycles. The average Bonchev–Trinajstić information content (AvgIpc) is 2.25. The minimum absolute atomic E-state index is 0.314. The number of amides is 2. The molecule has 16 heavy (non-hydrogen) atoms. The van der Waals surface area contributed by atoms with E-state index in [4.69, 9.17) is 5.11 Å². The standard InChI is InChI=1S/C11H22N2O3/c1-4-6-7-8-13(3)11(16)12-9(5-2)10(14)15/h9H,4-8H2,1-3H3,(H,12,16)(H,14,15)/t9-/m1/s1. The number of hydrogen-bond donors (Lipinski definition) is 2. The molecule has 0 bridgehead atoms. The molecule has 0 aliphatic rings. The highest BCUT2D eigenvalue weighted by molar-refractivity contribution is 5.82. The number of rotatable bonds is 7. The first-order chi connectivity index (χ1) is 7.52. The van der Waals surface area contributed by atoms with Crippen molar-refractivity contribution in [2.45, 2.75) is 45.6 Å². The van der Waals surface area contributed by atoms with E-state index >= 15 is 0 Å². The van der Waals surface area contributed by atoms with Crippen LogP contribution in [0.4, 0.5) is 4.79 Å². The Labute approximate surface area is 96.8 Å². The zero-order valence-electron chi connectivity index (χ0n) is 10.3. The third kappa shape index (κ3) is 5.58. The fourth-order valence-corrected chi connectivity index (χ4v) is 1.30. The highest BCUT2D eigenvalue weighted by Crippen LogP contribution is 1.98. The number of aliphatic carboxylic acids is 1. The summed E-state index contributed by atoms with van der Waals surface area (Å²) in [6, 6.07) is -1.11. The van der Waals surface area contributed by atoms with Gasteiger partial charge in [0, 0.05) is 13.6 Å². The Kier molecular flexibility index (Phi) is 7.33. The van der Waals surface area contributed by atoms with Crippen molar-refractivity contribution in [3.05, 3.63) is 0 Å². The van der Waals surface area contributed by atoms with Crippen LogP contribution in [-0.4, -0.2) is 41.6 Å². The average molecular weight is 230 g/mol. The van der Waals surface area contributed by atoms with E-state index < -0.39 is 12.0 Å². The molecule has 5 heteroatoms. The molecule has 0 unspecified atom stereocenters. The van der Waals surface area contributed by atoms with Crippen LogP contribution in [-0.2, 0) is 4.79 Å². The number of carboxylic acids is 1. The SMILES string of the molecule is CCCCCN(C)C(=O)N[C@H](CC)C(=O)O. The van der Waals surface area contributed by atoms with Crippen molar-refractivity contribution in [2.75, 3.05) is 13.6 Å². The van der Waals surface area contributed by atoms with Crippen molar-refractivity contribution in [2.24, 2.45) is 0 Å². The summed E-state index contributed by atoms with van der Waals surface area (Å²) in [5, 5.41) is 11.3. The molecule has 0 aromatic carbocycles. The van der Waals surface area contributed by atoms with E-state index in [-0.39, 0.29) is 6.03 Å². The molecule has 94 valence electrons. The number of carbonyl (C=O) groups is 2. The molecular formula is C11H22N2O3. The number of unbranched alkanes of at least 4 members (excludes halogenated alkanes) is 2. The summed E-state index contributed by atoms with van der Waals surface area (Å²) < 4.78 is 0. The van der Waals surface area contributed by atoms with Gasteiger partial charge in [-0.1, -0.05) is 26.7 Å². The summed E-state index contributed by atoms with van der Waals surface area (Å²) in [5.41, 5.74) is 0. The van der Waals surface area contributed by atoms with Crippen molar-refractivity contribution >= 4 is 12.0 Å². The Morgan fingerprint density at radius 1 is 1.31 bits per heavy atom. The predicted octanol–water partition coefficient (Wildman–Crippen LogP) is 1.68. The van der Waals surface area contributed by atoms with Crippen LogP contribution >= 0.6 is 0 Å². The van der Waals surface area contributed by atoms with Gasteiger partial charge in [0.25, 0.3) is 0 Å². The van der Waals surface area contributed by atoms with E-state index in [1.54, 1.807) is 14.0 Å². The second-order valence-electron chi connectivity index (χ2n) is 3.88. The Morgan fingerprint density at radius 3 is 2.38 bits per heavy atom. The van der Waals surface area contributed by atoms with Crippen LogP contribution in [0.1, 0.15) is 39.5 Å². The van der Waals surface area contributed by atoms with Gasteiger partial charge in [-0.3, -0.25) is 0 Å². The molecule has 0 spiro atoms. The Bertz CT molecular complexity index is 231. The summed E-state index contributed by atoms with van der Waals surface area (Å²) in [5.74, 6) is -0.988. The maximum atomic E-state index is 11.6. The molecule has 0 fully saturated rings. The van der Waals surface area contributed by atoms with E-state index in [9.17, 15) is 9.59 Å². The second-order valence-corrected chi connectivity index (χ2v) is 3.88. The van der Waals surface area contributed by atoms with Crippen LogP contribution in [0.15, 0.2) is 0 Å². The van der Waals surface area contributed by atoms with E-state index in [1.165, 1.54) is 4.90 Å². The van der Waals surface area contributed by atoms with Crippen LogP contribution in [0.5, 0.6) is 0 Å². The van der Waals surface area contributed by atoms with E-state index in [2.05, 4.69) is 12.2 Å². The van der Waals surface area contributed by atoms with Gasteiger partial charge in [-0.05, 0) is 12.8 Å². The summed E-state index contributed by atoms with van der Waals surface area (Å²) in [4.78, 5) is 23.8. The molecule has 0 radical (unpaired) electrons. The van der Waals surface area contributed by atoms with E-state index in [0.717, 1.165) is 19.3 Å². The van der Waals surface area contributed by atoms with Crippen molar-refractivity contribution in [3.8, 4) is 0 Å². The molecule has 0 saturated carbocycles. The normalized spacial score (nSPS) is 11.9. The third-order valence-corrected chi connectivity index (χ3v) is 2.45. The van der Waals surface area contributed by atoms with Crippen molar-refractivity contribution < 1.29 is 14.7 Å². The quantitative estimate of drug-likeness (QED) is 0.654. The highest BCUT2D eigenvalue weighted by Gasteiger charge is 2.19. The summed E-state index contributed by atoms with van der Waals surface area (Å²) >= 11 is 0. The number of urea groups is 1. The van der Waals surface area contributed by atoms with Crippen molar-refractivity contribution in [3.63, 3.8) is 0 Å². The molecule has 0 rings (SSSR count). The molecule has 2 amide bonds. The highest BCUT2D eigenvalue weighted by atomic mass is 16.4. The Morgan fingerprint density at radius 2 is 1.94 bits per heavy atom. The first-order valence-corrected chi connectivity index (χ1v) is 5.77. The smallest absolute Gasteiger partial charge is 0.326 e. The zero-order chi connectivity index (χ0) is 12.6. The lowest BCUT2D eigenvalue weighted by Gasteiger charge is -2.20. The molecule has 0 aliphatic heterocycles. The maximum Gasteiger partial charge on any atom is 0.326 e. The minimum atomic E-state index is -0.988. The Balaban J connectivity index is 3.98. The summed E-state index contributed by atoms with van der Waals surface area (Å²) in [6.07, 6.45) is 3.52. The molecular weight excluding hydrogens is 208 g/mol. The zero-order valence-corrected chi connectivity index (χ0v) is 10.3. The molecule has 0 aliphatic carbocycles. The van der Waals surface area contributed by atoms with Gasteiger partial charge in [0.05, 0.1) is 0 Å². The number of carbonyl (C=O) groups excluding carboxylic acids is 1. The van der Waals surface area contributed by atoms with Gasteiger partial charge in [0.1, 0.15) is 6.04 Å². The fraction of sp³-hybridized carbons (Fsp3) is 0.818. The second kappa shape index (κ2) is 7.96. The fourth-order valence-electron chi connectivity index (χ4n) is 1.30. The molecule has 0 aromatic rings. The first kappa shape index (κ1) is 14.7. The molecule has 5 nitrogen and oxygen atoms in total. The minimum Gasteiger partial charge on any atom is -0.480 e. The van der Waals surface area contributed by atoms with E-state index in [1.807, 2.05) is 0 Å². The number of nitrogens with one attached hydrogen (secondary N) is 1. The van der Waals surface area contributed by atoms with Gasteiger partial charge < -0.3 is 15.3 Å². The van der Waals surface area contributed by atoms with Crippen molar-refractivity contribution in [1.29, 1.82) is 0 Å². The number of hydrogen-bond acceptors (Lipinski definition) is 2. The van der Waals surface area contributed by atoms with Crippen LogP contribution in [0, 0.1) is 0 Å². The lowest BCUT2D eigenvalue weighted by atomic mass is 10.2. The van der Waals surface area contributed by atoms with Crippen molar-refractivity contribution in [1.82, 2.24) is 10.2 Å². The van der Waals surface area contributed by atoms with Gasteiger partial charge in [-0.2, -0.15) is 0 Å².